The Morgan fingerprint density at radius 1 is 1.07 bits per heavy atom. The number of rotatable bonds is 2. The quantitative estimate of drug-likeness (QED) is 0.739. The van der Waals surface area contributed by atoms with Crippen molar-refractivity contribution in [2.75, 3.05) is 7.11 Å². The highest BCUT2D eigenvalue weighted by Crippen LogP contribution is 2.22. The van der Waals surface area contributed by atoms with E-state index in [-0.39, 0.29) is 0 Å². The lowest BCUT2D eigenvalue weighted by Gasteiger charge is -2.03. The van der Waals surface area contributed by atoms with Gasteiger partial charge in [0.1, 0.15) is 5.75 Å². The van der Waals surface area contributed by atoms with Crippen LogP contribution in [0.15, 0.2) is 41.9 Å². The van der Waals surface area contributed by atoms with Gasteiger partial charge in [0.25, 0.3) is 0 Å². The first-order valence-corrected chi connectivity index (χ1v) is 5.12. The topological polar surface area (TPSA) is 9.23 Å². The zero-order valence-corrected chi connectivity index (χ0v) is 9.16. The second-order valence-electron chi connectivity index (χ2n) is 3.27. The average molecular weight is 219 g/mol. The van der Waals surface area contributed by atoms with Crippen molar-refractivity contribution in [2.45, 2.75) is 0 Å². The van der Waals surface area contributed by atoms with Crippen LogP contribution in [0, 0.1) is 0 Å². The third-order valence-corrected chi connectivity index (χ3v) is 2.45. The largest absolute Gasteiger partial charge is 0.497 e. The Hall–Kier alpha value is -1.47. The first-order valence-electron chi connectivity index (χ1n) is 4.68. The van der Waals surface area contributed by atoms with E-state index in [1.165, 1.54) is 16.3 Å². The van der Waals surface area contributed by atoms with Crippen molar-refractivity contribution in [2.24, 2.45) is 0 Å². The number of ether oxygens (including phenoxy) is 1. The van der Waals surface area contributed by atoms with Gasteiger partial charge in [-0.15, -0.1) is 0 Å². The first-order chi connectivity index (χ1) is 7.33. The zero-order chi connectivity index (χ0) is 10.7. The van der Waals surface area contributed by atoms with Crippen LogP contribution in [-0.2, 0) is 0 Å². The molecule has 2 rings (SSSR count). The summed E-state index contributed by atoms with van der Waals surface area (Å²) in [6.07, 6.45) is 1.87. The van der Waals surface area contributed by atoms with Gasteiger partial charge in [-0.1, -0.05) is 29.8 Å². The van der Waals surface area contributed by atoms with Crippen LogP contribution in [0.3, 0.4) is 0 Å². The maximum Gasteiger partial charge on any atom is 0.119 e. The summed E-state index contributed by atoms with van der Waals surface area (Å²) in [5.41, 5.74) is 2.62. The number of hydrogen-bond acceptors (Lipinski definition) is 1. The summed E-state index contributed by atoms with van der Waals surface area (Å²) >= 11 is 5.53. The molecule has 0 aliphatic heterocycles. The van der Waals surface area contributed by atoms with Gasteiger partial charge < -0.3 is 4.74 Å². The van der Waals surface area contributed by atoms with Gasteiger partial charge >= 0.3 is 0 Å². The molecule has 0 amide bonds. The molecule has 0 radical (unpaired) electrons. The van der Waals surface area contributed by atoms with Crippen LogP contribution < -0.4 is 4.74 Å². The van der Waals surface area contributed by atoms with Gasteiger partial charge in [-0.3, -0.25) is 0 Å². The van der Waals surface area contributed by atoms with Crippen LogP contribution in [0.2, 0.25) is 0 Å². The molecule has 0 aliphatic rings. The number of benzene rings is 2. The van der Waals surface area contributed by atoms with Crippen molar-refractivity contribution < 1.29 is 4.74 Å². The molecule has 0 bridgehead atoms. The molecule has 15 heavy (non-hydrogen) atoms. The molecular formula is C13H11ClO. The van der Waals surface area contributed by atoms with Crippen molar-refractivity contribution in [1.29, 1.82) is 0 Å². The smallest absolute Gasteiger partial charge is 0.119 e. The third kappa shape index (κ3) is 2.13. The molecule has 0 saturated heterocycles. The van der Waals surface area contributed by atoms with Gasteiger partial charge in [0, 0.05) is 5.54 Å². The zero-order valence-electron chi connectivity index (χ0n) is 8.41. The monoisotopic (exact) mass is 218 g/mol. The van der Waals surface area contributed by atoms with Crippen molar-refractivity contribution in [3.63, 3.8) is 0 Å². The fourth-order valence-corrected chi connectivity index (χ4v) is 1.69. The van der Waals surface area contributed by atoms with Gasteiger partial charge in [-0.2, -0.15) is 0 Å². The highest BCUT2D eigenvalue weighted by Gasteiger charge is 1.96. The molecular weight excluding hydrogens is 208 g/mol. The molecule has 0 unspecified atom stereocenters. The van der Waals surface area contributed by atoms with Gasteiger partial charge in [-0.05, 0) is 40.6 Å². The molecule has 0 saturated carbocycles. The second kappa shape index (κ2) is 4.37. The summed E-state index contributed by atoms with van der Waals surface area (Å²) in [7, 11) is 1.67. The maximum absolute atomic E-state index is 5.53. The minimum absolute atomic E-state index is 0.878. The first kappa shape index (κ1) is 10.1. The van der Waals surface area contributed by atoms with E-state index in [1.54, 1.807) is 7.11 Å². The Bertz CT molecular complexity index is 503. The van der Waals surface area contributed by atoms with E-state index in [0.717, 1.165) is 11.3 Å². The lowest BCUT2D eigenvalue weighted by atomic mass is 10.1. The van der Waals surface area contributed by atoms with Crippen LogP contribution in [-0.4, -0.2) is 7.11 Å². The summed E-state index contributed by atoms with van der Waals surface area (Å²) in [5, 5.41) is 2.35. The molecule has 1 nitrogen and oxygen atoms in total. The lowest BCUT2D eigenvalue weighted by Crippen LogP contribution is -1.82. The van der Waals surface area contributed by atoms with Gasteiger partial charge in [-0.25, -0.2) is 0 Å². The lowest BCUT2D eigenvalue weighted by molar-refractivity contribution is 0.415. The standard InChI is InChI=1S/C13H11ClO/c1-15-13-5-4-11-8-10(6-7-14)2-3-12(11)9-13/h2-9H,1H3/b7-6+. The summed E-state index contributed by atoms with van der Waals surface area (Å²) < 4.78 is 5.16. The average Bonchev–Trinajstić information content (AvgIpc) is 2.29. The Labute approximate surface area is 93.9 Å². The van der Waals surface area contributed by atoms with E-state index < -0.39 is 0 Å². The number of hydrogen-bond donors (Lipinski definition) is 0. The van der Waals surface area contributed by atoms with E-state index in [0.29, 0.717) is 0 Å². The molecule has 0 atom stereocenters. The highest BCUT2D eigenvalue weighted by atomic mass is 35.5. The molecule has 0 N–H and O–H groups in total. The Kier molecular flexibility index (Phi) is 2.93. The Balaban J connectivity index is 2.54. The van der Waals surface area contributed by atoms with Crippen molar-refractivity contribution in [3.05, 3.63) is 47.5 Å². The minimum Gasteiger partial charge on any atom is -0.497 e. The SMILES string of the molecule is COc1ccc2cc(/C=C/Cl)ccc2c1. The summed E-state index contributed by atoms with van der Waals surface area (Å²) in [6, 6.07) is 12.2. The van der Waals surface area contributed by atoms with Gasteiger partial charge in [0.15, 0.2) is 0 Å². The number of fused-ring (bicyclic) bond motifs is 1. The van der Waals surface area contributed by atoms with E-state index in [9.17, 15) is 0 Å². The fourth-order valence-electron chi connectivity index (χ4n) is 1.55. The van der Waals surface area contributed by atoms with Crippen molar-refractivity contribution >= 4 is 28.4 Å². The molecule has 2 aromatic rings. The predicted molar refractivity (Wildman–Crippen MR) is 65.4 cm³/mol. The third-order valence-electron chi connectivity index (χ3n) is 2.33. The summed E-state index contributed by atoms with van der Waals surface area (Å²) in [6.45, 7) is 0. The van der Waals surface area contributed by atoms with Gasteiger partial charge in [0.05, 0.1) is 7.11 Å². The van der Waals surface area contributed by atoms with Crippen LogP contribution in [0.25, 0.3) is 16.8 Å². The minimum atomic E-state index is 0.878. The van der Waals surface area contributed by atoms with E-state index in [4.69, 9.17) is 16.3 Å². The van der Waals surface area contributed by atoms with E-state index in [1.807, 2.05) is 30.3 Å². The molecule has 0 aromatic heterocycles. The molecule has 0 aliphatic carbocycles. The van der Waals surface area contributed by atoms with E-state index in [2.05, 4.69) is 12.1 Å². The highest BCUT2D eigenvalue weighted by molar-refractivity contribution is 6.27. The van der Waals surface area contributed by atoms with Crippen LogP contribution in [0.5, 0.6) is 5.75 Å². The van der Waals surface area contributed by atoms with E-state index >= 15 is 0 Å². The van der Waals surface area contributed by atoms with Crippen molar-refractivity contribution in [1.82, 2.24) is 0 Å². The molecule has 2 aromatic carbocycles. The fraction of sp³-hybridized carbons (Fsp3) is 0.0769. The van der Waals surface area contributed by atoms with Crippen LogP contribution in [0.1, 0.15) is 5.56 Å². The maximum atomic E-state index is 5.53. The molecule has 0 spiro atoms. The van der Waals surface area contributed by atoms with Crippen LogP contribution >= 0.6 is 11.6 Å². The Morgan fingerprint density at radius 2 is 1.80 bits per heavy atom. The summed E-state index contributed by atoms with van der Waals surface area (Å²) in [5.74, 6) is 0.878. The predicted octanol–water partition coefficient (Wildman–Crippen LogP) is 4.06. The van der Waals surface area contributed by atoms with Gasteiger partial charge in [0.2, 0.25) is 0 Å². The molecule has 0 heterocycles. The van der Waals surface area contributed by atoms with Crippen molar-refractivity contribution in [3.8, 4) is 5.75 Å². The molecule has 0 fully saturated rings. The molecule has 76 valence electrons. The number of halogens is 1. The molecule has 2 heteroatoms. The second-order valence-corrected chi connectivity index (χ2v) is 3.52. The van der Waals surface area contributed by atoms with Crippen LogP contribution in [0.4, 0.5) is 0 Å². The normalized spacial score (nSPS) is 11.1. The summed E-state index contributed by atoms with van der Waals surface area (Å²) in [4.78, 5) is 0. The number of methoxy groups -OCH3 is 1. The Morgan fingerprint density at radius 3 is 2.53 bits per heavy atom.